The molecule has 5 rings (SSSR count). The molecule has 0 spiro atoms. The molecule has 5 heterocycles. The van der Waals surface area contributed by atoms with E-state index in [4.69, 9.17) is 14.7 Å². The molecule has 12 heteroatoms. The molecule has 0 aromatic carbocycles. The van der Waals surface area contributed by atoms with Crippen LogP contribution in [-0.4, -0.2) is 55.2 Å². The Labute approximate surface area is 219 Å². The summed E-state index contributed by atoms with van der Waals surface area (Å²) in [6, 6.07) is 4.01. The average Bonchev–Trinajstić information content (AvgIpc) is 3.64. The number of anilines is 4. The summed E-state index contributed by atoms with van der Waals surface area (Å²) >= 11 is 1.24. The third-order valence-corrected chi connectivity index (χ3v) is 6.99. The number of aromatic nitrogens is 6. The van der Waals surface area contributed by atoms with Gasteiger partial charge in [0, 0.05) is 56.5 Å². The Kier molecular flexibility index (Phi) is 7.54. The summed E-state index contributed by atoms with van der Waals surface area (Å²) in [7, 11) is 0. The van der Waals surface area contributed by atoms with Crippen molar-refractivity contribution in [2.75, 3.05) is 35.2 Å². The van der Waals surface area contributed by atoms with E-state index in [2.05, 4.69) is 41.1 Å². The van der Waals surface area contributed by atoms with Crippen LogP contribution in [0.1, 0.15) is 39.8 Å². The second-order valence-corrected chi connectivity index (χ2v) is 9.59. The Morgan fingerprint density at radius 3 is 2.92 bits per heavy atom. The molecule has 4 aromatic heterocycles. The summed E-state index contributed by atoms with van der Waals surface area (Å²) in [4.78, 5) is 37.5. The van der Waals surface area contributed by atoms with E-state index in [1.54, 1.807) is 26.2 Å². The number of imidazole rings is 1. The van der Waals surface area contributed by atoms with Gasteiger partial charge in [0.25, 0.3) is 0 Å². The molecule has 0 aliphatic carbocycles. The number of nitrogens with zero attached hydrogens (tertiary/aromatic N) is 7. The first kappa shape index (κ1) is 24.6. The van der Waals surface area contributed by atoms with Gasteiger partial charge in [0.2, 0.25) is 5.95 Å². The lowest BCUT2D eigenvalue weighted by atomic mass is 10.2. The van der Waals surface area contributed by atoms with Crippen LogP contribution in [0.15, 0.2) is 43.2 Å². The molecular weight excluding hydrogens is 490 g/mol. The molecule has 2 N–H and O–H groups in total. The predicted molar refractivity (Wildman–Crippen MR) is 142 cm³/mol. The number of rotatable bonds is 11. The maximum absolute atomic E-state index is 12.2. The van der Waals surface area contributed by atoms with Gasteiger partial charge in [0.15, 0.2) is 5.13 Å². The fourth-order valence-corrected chi connectivity index (χ4v) is 5.06. The van der Waals surface area contributed by atoms with Crippen LogP contribution in [0, 0.1) is 6.92 Å². The molecule has 0 fully saturated rings. The van der Waals surface area contributed by atoms with E-state index in [1.165, 1.54) is 11.3 Å². The van der Waals surface area contributed by atoms with Crippen LogP contribution < -0.4 is 15.5 Å². The minimum atomic E-state index is -0.372. The third kappa shape index (κ3) is 5.85. The fourth-order valence-electron chi connectivity index (χ4n) is 4.20. The molecular formula is C25H29N9O2S. The number of nitrogens with one attached hydrogen (secondary N) is 2. The van der Waals surface area contributed by atoms with Crippen LogP contribution in [-0.2, 0) is 24.2 Å². The van der Waals surface area contributed by atoms with Crippen molar-refractivity contribution in [2.24, 2.45) is 0 Å². The number of aryl methyl sites for hydroxylation is 2. The van der Waals surface area contributed by atoms with E-state index in [1.807, 2.05) is 24.8 Å². The fraction of sp³-hybridized carbons (Fsp3) is 0.360. The molecule has 4 aromatic rings. The molecule has 0 bridgehead atoms. The minimum absolute atomic E-state index is 0.315. The van der Waals surface area contributed by atoms with E-state index in [-0.39, 0.29) is 5.97 Å². The van der Waals surface area contributed by atoms with Crippen molar-refractivity contribution < 1.29 is 9.53 Å². The van der Waals surface area contributed by atoms with Gasteiger partial charge < -0.3 is 19.5 Å². The molecule has 37 heavy (non-hydrogen) atoms. The highest BCUT2D eigenvalue weighted by Crippen LogP contribution is 2.34. The zero-order valence-electron chi connectivity index (χ0n) is 20.8. The quantitative estimate of drug-likeness (QED) is 0.223. The van der Waals surface area contributed by atoms with Gasteiger partial charge in [-0.1, -0.05) is 17.4 Å². The van der Waals surface area contributed by atoms with E-state index in [0.717, 1.165) is 55.2 Å². The van der Waals surface area contributed by atoms with Crippen LogP contribution >= 0.6 is 11.3 Å². The molecule has 1 aliphatic heterocycles. The normalized spacial score (nSPS) is 12.4. The number of carbonyl (C=O) groups excluding carboxylic acids is 1. The Morgan fingerprint density at radius 2 is 2.14 bits per heavy atom. The number of hydrogen-bond donors (Lipinski definition) is 2. The van der Waals surface area contributed by atoms with Crippen molar-refractivity contribution in [1.29, 1.82) is 0 Å². The van der Waals surface area contributed by atoms with E-state index >= 15 is 0 Å². The van der Waals surface area contributed by atoms with Gasteiger partial charge in [0.05, 0.1) is 18.6 Å². The Balaban J connectivity index is 1.38. The standard InChI is InChI=1S/C25H29N9O2S/c1-3-36-23(35)20-17(2)29-25(37-20)32-24-30-21(28-9-5-11-33-13-10-27-16-33)19-7-12-34(22(19)31-24)15-18-6-4-8-26-14-18/h4,6,8,10,13-14,16H,3,5,7,9,11-12,15H2,1-2H3,(H2,28,29,30,31,32). The van der Waals surface area contributed by atoms with Gasteiger partial charge >= 0.3 is 5.97 Å². The van der Waals surface area contributed by atoms with E-state index in [0.29, 0.717) is 34.8 Å². The van der Waals surface area contributed by atoms with Gasteiger partial charge in [-0.15, -0.1) is 0 Å². The number of hydrogen-bond acceptors (Lipinski definition) is 11. The van der Waals surface area contributed by atoms with Crippen LogP contribution in [0.4, 0.5) is 22.7 Å². The SMILES string of the molecule is CCOC(=O)c1sc(Nc2nc(NCCCn3ccnc3)c3c(n2)N(Cc2cccnc2)CC3)nc1C. The highest BCUT2D eigenvalue weighted by atomic mass is 32.1. The zero-order valence-corrected chi connectivity index (χ0v) is 21.7. The van der Waals surface area contributed by atoms with Gasteiger partial charge in [-0.3, -0.25) is 10.3 Å². The second-order valence-electron chi connectivity index (χ2n) is 8.59. The maximum Gasteiger partial charge on any atom is 0.350 e. The smallest absolute Gasteiger partial charge is 0.350 e. The number of carbonyl (C=O) groups is 1. The predicted octanol–water partition coefficient (Wildman–Crippen LogP) is 3.82. The van der Waals surface area contributed by atoms with E-state index in [9.17, 15) is 4.79 Å². The van der Waals surface area contributed by atoms with Crippen molar-refractivity contribution >= 4 is 40.0 Å². The van der Waals surface area contributed by atoms with Gasteiger partial charge in [-0.25, -0.2) is 14.8 Å². The lowest BCUT2D eigenvalue weighted by Gasteiger charge is -2.19. The second kappa shape index (κ2) is 11.3. The molecule has 0 saturated carbocycles. The van der Waals surface area contributed by atoms with Crippen molar-refractivity contribution in [1.82, 2.24) is 29.5 Å². The number of thiazole rings is 1. The molecule has 0 unspecified atom stereocenters. The Morgan fingerprint density at radius 1 is 1.22 bits per heavy atom. The van der Waals surface area contributed by atoms with Crippen molar-refractivity contribution in [3.05, 3.63) is 64.9 Å². The highest BCUT2D eigenvalue weighted by molar-refractivity contribution is 7.17. The zero-order chi connectivity index (χ0) is 25.6. The summed E-state index contributed by atoms with van der Waals surface area (Å²) in [5, 5.41) is 7.27. The molecule has 192 valence electrons. The van der Waals surface area contributed by atoms with Crippen molar-refractivity contribution in [3.8, 4) is 0 Å². The van der Waals surface area contributed by atoms with Gasteiger partial charge in [0.1, 0.15) is 16.5 Å². The average molecular weight is 520 g/mol. The maximum atomic E-state index is 12.2. The number of fused-ring (bicyclic) bond motifs is 1. The molecule has 0 radical (unpaired) electrons. The number of ether oxygens (including phenoxy) is 1. The van der Waals surface area contributed by atoms with Crippen LogP contribution in [0.2, 0.25) is 0 Å². The lowest BCUT2D eigenvalue weighted by molar-refractivity contribution is 0.0531. The largest absolute Gasteiger partial charge is 0.462 e. The highest BCUT2D eigenvalue weighted by Gasteiger charge is 2.26. The van der Waals surface area contributed by atoms with E-state index < -0.39 is 0 Å². The number of esters is 1. The summed E-state index contributed by atoms with van der Waals surface area (Å²) in [6.45, 7) is 7.07. The van der Waals surface area contributed by atoms with Crippen LogP contribution in [0.3, 0.4) is 0 Å². The first-order valence-corrected chi connectivity index (χ1v) is 13.1. The Bertz CT molecular complexity index is 1340. The van der Waals surface area contributed by atoms with Crippen molar-refractivity contribution in [2.45, 2.75) is 39.8 Å². The topological polar surface area (TPSA) is 123 Å². The third-order valence-electron chi connectivity index (χ3n) is 5.93. The molecule has 0 atom stereocenters. The van der Waals surface area contributed by atoms with Crippen molar-refractivity contribution in [3.63, 3.8) is 0 Å². The monoisotopic (exact) mass is 519 g/mol. The number of pyridine rings is 1. The Hall–Kier alpha value is -4.06. The van der Waals surface area contributed by atoms with Crippen LogP contribution in [0.25, 0.3) is 0 Å². The summed E-state index contributed by atoms with van der Waals surface area (Å²) in [6.07, 6.45) is 11.0. The van der Waals surface area contributed by atoms with Gasteiger partial charge in [-0.2, -0.15) is 9.97 Å². The lowest BCUT2D eigenvalue weighted by Crippen LogP contribution is -2.21. The summed E-state index contributed by atoms with van der Waals surface area (Å²) in [5.74, 6) is 1.75. The summed E-state index contributed by atoms with van der Waals surface area (Å²) < 4.78 is 7.21. The minimum Gasteiger partial charge on any atom is -0.462 e. The van der Waals surface area contributed by atoms with Crippen LogP contribution in [0.5, 0.6) is 0 Å². The molecule has 0 saturated heterocycles. The molecule has 11 nitrogen and oxygen atoms in total. The summed E-state index contributed by atoms with van der Waals surface area (Å²) in [5.41, 5.74) is 2.83. The first-order chi connectivity index (χ1) is 18.1. The first-order valence-electron chi connectivity index (χ1n) is 12.3. The van der Waals surface area contributed by atoms with Gasteiger partial charge in [-0.05, 0) is 38.3 Å². The molecule has 0 amide bonds. The molecule has 1 aliphatic rings.